The minimum Gasteiger partial charge on any atom is -0.462 e. The summed E-state index contributed by atoms with van der Waals surface area (Å²) >= 11 is 0. The van der Waals surface area contributed by atoms with E-state index in [4.69, 9.17) is 18.9 Å². The van der Waals surface area contributed by atoms with E-state index in [2.05, 4.69) is 0 Å². The Hall–Kier alpha value is -2.98. The highest BCUT2D eigenvalue weighted by Gasteiger charge is 2.32. The molecule has 0 saturated carbocycles. The van der Waals surface area contributed by atoms with Gasteiger partial charge in [-0.15, -0.1) is 0 Å². The predicted molar refractivity (Wildman–Crippen MR) is 131 cm³/mol. The minimum atomic E-state index is -0.614. The van der Waals surface area contributed by atoms with Crippen LogP contribution in [0.15, 0.2) is 30.3 Å². The number of carbonyl (C=O) groups excluding carboxylic acids is 4. The van der Waals surface area contributed by atoms with E-state index >= 15 is 0 Å². The van der Waals surface area contributed by atoms with Crippen LogP contribution in [0, 0.1) is 0 Å². The average molecular weight is 507 g/mol. The molecule has 1 aromatic carbocycles. The van der Waals surface area contributed by atoms with E-state index in [1.54, 1.807) is 25.7 Å². The molecule has 0 spiro atoms. The van der Waals surface area contributed by atoms with Gasteiger partial charge in [-0.25, -0.2) is 4.79 Å². The average Bonchev–Trinajstić information content (AvgIpc) is 2.81. The highest BCUT2D eigenvalue weighted by atomic mass is 16.6. The molecule has 0 N–H and O–H groups in total. The summed E-state index contributed by atoms with van der Waals surface area (Å²) in [5, 5.41) is 0. The Kier molecular flexibility index (Phi) is 11.8. The van der Waals surface area contributed by atoms with Crippen LogP contribution in [0.5, 0.6) is 0 Å². The summed E-state index contributed by atoms with van der Waals surface area (Å²) < 4.78 is 20.7. The SMILES string of the molecule is COCC(=O)OCC1CN(C(=O)CCCC(=O)OCc2ccccc2)CCN1CC(=O)OC(C)(C)C. The van der Waals surface area contributed by atoms with E-state index in [0.29, 0.717) is 26.1 Å². The maximum absolute atomic E-state index is 12.8. The number of methoxy groups -OCH3 is 1. The van der Waals surface area contributed by atoms with E-state index in [-0.39, 0.29) is 63.1 Å². The van der Waals surface area contributed by atoms with Crippen LogP contribution in [-0.2, 0) is 44.7 Å². The first-order valence-corrected chi connectivity index (χ1v) is 12.1. The Balaban J connectivity index is 1.84. The summed E-state index contributed by atoms with van der Waals surface area (Å²) in [6.45, 7) is 6.59. The van der Waals surface area contributed by atoms with Crippen LogP contribution in [0.2, 0.25) is 0 Å². The number of hydrogen-bond donors (Lipinski definition) is 0. The van der Waals surface area contributed by atoms with Crippen molar-refractivity contribution in [3.8, 4) is 0 Å². The van der Waals surface area contributed by atoms with Gasteiger partial charge in [-0.1, -0.05) is 30.3 Å². The lowest BCUT2D eigenvalue weighted by Gasteiger charge is -2.40. The molecule has 1 aliphatic heterocycles. The number of esters is 3. The highest BCUT2D eigenvalue weighted by molar-refractivity contribution is 5.77. The van der Waals surface area contributed by atoms with Crippen LogP contribution in [0.1, 0.15) is 45.6 Å². The number of carbonyl (C=O) groups is 4. The van der Waals surface area contributed by atoms with Crippen LogP contribution in [0.25, 0.3) is 0 Å². The third kappa shape index (κ3) is 11.2. The van der Waals surface area contributed by atoms with Gasteiger partial charge in [0.2, 0.25) is 5.91 Å². The summed E-state index contributed by atoms with van der Waals surface area (Å²) in [7, 11) is 1.40. The molecule has 1 heterocycles. The quantitative estimate of drug-likeness (QED) is 0.310. The molecule has 1 amide bonds. The molecular weight excluding hydrogens is 468 g/mol. The van der Waals surface area contributed by atoms with Gasteiger partial charge in [0.05, 0.1) is 12.6 Å². The molecule has 1 unspecified atom stereocenters. The Labute approximate surface area is 212 Å². The normalized spacial score (nSPS) is 16.3. The molecular formula is C26H38N2O8. The Bertz CT molecular complexity index is 868. The van der Waals surface area contributed by atoms with Crippen molar-refractivity contribution in [2.75, 3.05) is 46.5 Å². The zero-order valence-electron chi connectivity index (χ0n) is 21.7. The maximum Gasteiger partial charge on any atom is 0.332 e. The highest BCUT2D eigenvalue weighted by Crippen LogP contribution is 2.15. The molecule has 0 bridgehead atoms. The number of ether oxygens (including phenoxy) is 4. The fourth-order valence-electron chi connectivity index (χ4n) is 3.73. The molecule has 0 aromatic heterocycles. The molecule has 1 atom stereocenters. The van der Waals surface area contributed by atoms with Crippen molar-refractivity contribution in [1.82, 2.24) is 9.80 Å². The largest absolute Gasteiger partial charge is 0.462 e. The van der Waals surface area contributed by atoms with Gasteiger partial charge in [-0.2, -0.15) is 0 Å². The molecule has 1 fully saturated rings. The van der Waals surface area contributed by atoms with Crippen molar-refractivity contribution in [3.63, 3.8) is 0 Å². The molecule has 0 radical (unpaired) electrons. The summed E-state index contributed by atoms with van der Waals surface area (Å²) in [5.74, 6) is -1.36. The Morgan fingerprint density at radius 3 is 2.33 bits per heavy atom. The lowest BCUT2D eigenvalue weighted by atomic mass is 10.1. The number of benzene rings is 1. The molecule has 200 valence electrons. The van der Waals surface area contributed by atoms with Crippen molar-refractivity contribution < 1.29 is 38.1 Å². The number of amides is 1. The van der Waals surface area contributed by atoms with Crippen LogP contribution in [-0.4, -0.2) is 91.8 Å². The number of nitrogens with zero attached hydrogens (tertiary/aromatic N) is 2. The van der Waals surface area contributed by atoms with Crippen LogP contribution < -0.4 is 0 Å². The topological polar surface area (TPSA) is 112 Å². The second-order valence-electron chi connectivity index (χ2n) is 9.67. The van der Waals surface area contributed by atoms with E-state index in [1.807, 2.05) is 35.2 Å². The molecule has 0 aliphatic carbocycles. The smallest absolute Gasteiger partial charge is 0.332 e. The van der Waals surface area contributed by atoms with E-state index < -0.39 is 11.6 Å². The molecule has 10 nitrogen and oxygen atoms in total. The third-order valence-corrected chi connectivity index (χ3v) is 5.42. The number of rotatable bonds is 12. The van der Waals surface area contributed by atoms with Gasteiger partial charge < -0.3 is 23.8 Å². The van der Waals surface area contributed by atoms with Gasteiger partial charge in [0.15, 0.2) is 0 Å². The fraction of sp³-hybridized carbons (Fsp3) is 0.615. The summed E-state index contributed by atoms with van der Waals surface area (Å²) in [6, 6.07) is 9.03. The monoisotopic (exact) mass is 506 g/mol. The lowest BCUT2D eigenvalue weighted by molar-refractivity contribution is -0.159. The van der Waals surface area contributed by atoms with E-state index in [0.717, 1.165) is 5.56 Å². The Morgan fingerprint density at radius 2 is 1.67 bits per heavy atom. The Morgan fingerprint density at radius 1 is 0.944 bits per heavy atom. The van der Waals surface area contributed by atoms with Crippen molar-refractivity contribution in [2.45, 2.75) is 58.3 Å². The first-order chi connectivity index (χ1) is 17.1. The van der Waals surface area contributed by atoms with Crippen molar-refractivity contribution >= 4 is 23.8 Å². The molecule has 2 rings (SSSR count). The van der Waals surface area contributed by atoms with E-state index in [1.165, 1.54) is 7.11 Å². The summed E-state index contributed by atoms with van der Waals surface area (Å²) in [6.07, 6.45) is 0.718. The predicted octanol–water partition coefficient (Wildman–Crippen LogP) is 1.94. The molecule has 1 saturated heterocycles. The number of piperazine rings is 1. The van der Waals surface area contributed by atoms with Gasteiger partial charge in [0, 0.05) is 39.6 Å². The standard InChI is InChI=1S/C26H38N2O8/c1-26(2,3)36-24(31)16-27-13-14-28(15-21(27)18-35-25(32)19-33-4)22(29)11-8-12-23(30)34-17-20-9-6-5-7-10-20/h5-7,9-10,21H,8,11-19H2,1-4H3. The zero-order valence-corrected chi connectivity index (χ0v) is 21.7. The molecule has 1 aliphatic rings. The van der Waals surface area contributed by atoms with Crippen LogP contribution in [0.3, 0.4) is 0 Å². The second kappa shape index (κ2) is 14.5. The summed E-state index contributed by atoms with van der Waals surface area (Å²) in [4.78, 5) is 52.5. The van der Waals surface area contributed by atoms with Gasteiger partial charge >= 0.3 is 17.9 Å². The molecule has 10 heteroatoms. The van der Waals surface area contributed by atoms with Crippen molar-refractivity contribution in [3.05, 3.63) is 35.9 Å². The maximum atomic E-state index is 12.8. The van der Waals surface area contributed by atoms with Gasteiger partial charge in [-0.05, 0) is 32.8 Å². The van der Waals surface area contributed by atoms with Crippen LogP contribution >= 0.6 is 0 Å². The van der Waals surface area contributed by atoms with Crippen LogP contribution in [0.4, 0.5) is 0 Å². The van der Waals surface area contributed by atoms with Gasteiger partial charge in [0.25, 0.3) is 0 Å². The van der Waals surface area contributed by atoms with E-state index in [9.17, 15) is 19.2 Å². The van der Waals surface area contributed by atoms with Gasteiger partial charge in [-0.3, -0.25) is 19.3 Å². The minimum absolute atomic E-state index is 0.0145. The second-order valence-corrected chi connectivity index (χ2v) is 9.67. The summed E-state index contributed by atoms with van der Waals surface area (Å²) in [5.41, 5.74) is 0.292. The molecule has 36 heavy (non-hydrogen) atoms. The zero-order chi connectivity index (χ0) is 26.6. The third-order valence-electron chi connectivity index (χ3n) is 5.42. The fourth-order valence-corrected chi connectivity index (χ4v) is 3.73. The first-order valence-electron chi connectivity index (χ1n) is 12.1. The van der Waals surface area contributed by atoms with Crippen molar-refractivity contribution in [2.24, 2.45) is 0 Å². The lowest BCUT2D eigenvalue weighted by Crippen LogP contribution is -2.58. The van der Waals surface area contributed by atoms with Gasteiger partial charge in [0.1, 0.15) is 25.4 Å². The first kappa shape index (κ1) is 29.3. The van der Waals surface area contributed by atoms with Crippen molar-refractivity contribution in [1.29, 1.82) is 0 Å². The number of hydrogen-bond acceptors (Lipinski definition) is 9. The molecule has 1 aromatic rings.